The maximum atomic E-state index is 12.6. The molecule has 4 heteroatoms. The summed E-state index contributed by atoms with van der Waals surface area (Å²) in [7, 11) is -3.40. The van der Waals surface area contributed by atoms with Crippen LogP contribution in [0.2, 0.25) is 0 Å². The third-order valence-electron chi connectivity index (χ3n) is 3.35. The van der Waals surface area contributed by atoms with Gasteiger partial charge in [0.25, 0.3) is 0 Å². The third kappa shape index (κ3) is 3.12. The largest absolute Gasteiger partial charge is 0.243 e. The van der Waals surface area contributed by atoms with Crippen LogP contribution in [0.4, 0.5) is 0 Å². The van der Waals surface area contributed by atoms with E-state index in [1.807, 2.05) is 19.9 Å². The van der Waals surface area contributed by atoms with E-state index in [9.17, 15) is 8.42 Å². The SMILES string of the molecule is CCN([C@H](C)C(C)(C)C)S(=O)(=O)c1ccccc1. The fourth-order valence-electron chi connectivity index (χ4n) is 1.81. The van der Waals surface area contributed by atoms with Gasteiger partial charge in [0, 0.05) is 12.6 Å². The Labute approximate surface area is 111 Å². The van der Waals surface area contributed by atoms with E-state index in [4.69, 9.17) is 0 Å². The molecular formula is C14H23NO2S. The zero-order valence-corrected chi connectivity index (χ0v) is 12.7. The molecule has 0 saturated heterocycles. The average molecular weight is 269 g/mol. The summed E-state index contributed by atoms with van der Waals surface area (Å²) in [5, 5.41) is 0. The molecule has 1 atom stereocenters. The van der Waals surface area contributed by atoms with Crippen LogP contribution in [0.5, 0.6) is 0 Å². The van der Waals surface area contributed by atoms with E-state index in [1.54, 1.807) is 28.6 Å². The zero-order valence-electron chi connectivity index (χ0n) is 11.8. The van der Waals surface area contributed by atoms with E-state index in [0.29, 0.717) is 11.4 Å². The Kier molecular flexibility index (Phi) is 4.56. The number of hydrogen-bond acceptors (Lipinski definition) is 2. The number of nitrogens with zero attached hydrogens (tertiary/aromatic N) is 1. The van der Waals surface area contributed by atoms with Crippen LogP contribution < -0.4 is 0 Å². The topological polar surface area (TPSA) is 37.4 Å². The minimum atomic E-state index is -3.40. The van der Waals surface area contributed by atoms with Crippen molar-refractivity contribution in [2.75, 3.05) is 6.54 Å². The lowest BCUT2D eigenvalue weighted by atomic mass is 9.88. The van der Waals surface area contributed by atoms with Crippen molar-refractivity contribution in [1.29, 1.82) is 0 Å². The molecule has 0 bridgehead atoms. The van der Waals surface area contributed by atoms with E-state index in [0.717, 1.165) is 0 Å². The molecule has 0 N–H and O–H groups in total. The van der Waals surface area contributed by atoms with Gasteiger partial charge in [-0.25, -0.2) is 8.42 Å². The summed E-state index contributed by atoms with van der Waals surface area (Å²) >= 11 is 0. The van der Waals surface area contributed by atoms with Crippen LogP contribution in [0.3, 0.4) is 0 Å². The zero-order chi connectivity index (χ0) is 14.0. The second-order valence-corrected chi connectivity index (χ2v) is 7.45. The van der Waals surface area contributed by atoms with E-state index >= 15 is 0 Å². The van der Waals surface area contributed by atoms with Crippen molar-refractivity contribution in [3.8, 4) is 0 Å². The molecule has 0 radical (unpaired) electrons. The highest BCUT2D eigenvalue weighted by atomic mass is 32.2. The molecule has 102 valence electrons. The van der Waals surface area contributed by atoms with Crippen LogP contribution in [0.25, 0.3) is 0 Å². The first-order valence-electron chi connectivity index (χ1n) is 6.28. The third-order valence-corrected chi connectivity index (χ3v) is 5.41. The van der Waals surface area contributed by atoms with Crippen LogP contribution in [-0.4, -0.2) is 25.3 Å². The maximum absolute atomic E-state index is 12.6. The van der Waals surface area contributed by atoms with Crippen molar-refractivity contribution in [2.45, 2.75) is 45.6 Å². The molecule has 0 aromatic heterocycles. The smallest absolute Gasteiger partial charge is 0.207 e. The van der Waals surface area contributed by atoms with Crippen molar-refractivity contribution in [3.05, 3.63) is 30.3 Å². The predicted molar refractivity (Wildman–Crippen MR) is 74.9 cm³/mol. The van der Waals surface area contributed by atoms with Crippen molar-refractivity contribution < 1.29 is 8.42 Å². The number of rotatable bonds is 4. The van der Waals surface area contributed by atoms with Gasteiger partial charge in [0.05, 0.1) is 4.90 Å². The molecular weight excluding hydrogens is 246 g/mol. The molecule has 0 aliphatic carbocycles. The Morgan fingerprint density at radius 1 is 1.17 bits per heavy atom. The molecule has 0 aliphatic heterocycles. The minimum Gasteiger partial charge on any atom is -0.207 e. The Morgan fingerprint density at radius 3 is 2.06 bits per heavy atom. The first kappa shape index (κ1) is 15.2. The molecule has 0 amide bonds. The minimum absolute atomic E-state index is 0.0484. The first-order valence-corrected chi connectivity index (χ1v) is 7.72. The standard InChI is InChI=1S/C14H23NO2S/c1-6-15(12(2)14(3,4)5)18(16,17)13-10-8-7-9-11-13/h7-12H,6H2,1-5H3/t12-/m1/s1. The van der Waals surface area contributed by atoms with Crippen molar-refractivity contribution in [3.63, 3.8) is 0 Å². The van der Waals surface area contributed by atoms with Gasteiger partial charge in [0.2, 0.25) is 10.0 Å². The molecule has 1 aromatic carbocycles. The van der Waals surface area contributed by atoms with Gasteiger partial charge in [-0.15, -0.1) is 0 Å². The number of benzene rings is 1. The van der Waals surface area contributed by atoms with Crippen molar-refractivity contribution in [2.24, 2.45) is 5.41 Å². The fourth-order valence-corrected chi connectivity index (χ4v) is 3.66. The van der Waals surface area contributed by atoms with E-state index < -0.39 is 10.0 Å². The predicted octanol–water partition coefficient (Wildman–Crippen LogP) is 3.13. The van der Waals surface area contributed by atoms with E-state index in [1.165, 1.54) is 0 Å². The van der Waals surface area contributed by atoms with E-state index in [-0.39, 0.29) is 11.5 Å². The molecule has 0 saturated carbocycles. The highest BCUT2D eigenvalue weighted by molar-refractivity contribution is 7.89. The average Bonchev–Trinajstić information content (AvgIpc) is 2.29. The Hall–Kier alpha value is -0.870. The van der Waals surface area contributed by atoms with Gasteiger partial charge >= 0.3 is 0 Å². The Morgan fingerprint density at radius 2 is 1.67 bits per heavy atom. The molecule has 0 unspecified atom stereocenters. The number of hydrogen-bond donors (Lipinski definition) is 0. The normalized spacial score (nSPS) is 14.8. The van der Waals surface area contributed by atoms with Crippen LogP contribution in [0.15, 0.2) is 35.2 Å². The molecule has 1 aromatic rings. The first-order chi connectivity index (χ1) is 8.21. The summed E-state index contributed by atoms with van der Waals surface area (Å²) in [6, 6.07) is 8.57. The fraction of sp³-hybridized carbons (Fsp3) is 0.571. The monoisotopic (exact) mass is 269 g/mol. The summed E-state index contributed by atoms with van der Waals surface area (Å²) in [4.78, 5) is 0.364. The van der Waals surface area contributed by atoms with Gasteiger partial charge < -0.3 is 0 Å². The molecule has 0 fully saturated rings. The Bertz CT molecular complexity index is 474. The highest BCUT2D eigenvalue weighted by Crippen LogP contribution is 2.28. The van der Waals surface area contributed by atoms with Gasteiger partial charge in [-0.2, -0.15) is 4.31 Å². The molecule has 0 spiro atoms. The lowest BCUT2D eigenvalue weighted by molar-refractivity contribution is 0.198. The molecule has 18 heavy (non-hydrogen) atoms. The van der Waals surface area contributed by atoms with Crippen molar-refractivity contribution in [1.82, 2.24) is 4.31 Å². The Balaban J connectivity index is 3.18. The maximum Gasteiger partial charge on any atom is 0.243 e. The van der Waals surface area contributed by atoms with Crippen molar-refractivity contribution >= 4 is 10.0 Å². The molecule has 0 aliphatic rings. The summed E-state index contributed by atoms with van der Waals surface area (Å²) in [6.07, 6.45) is 0. The lowest BCUT2D eigenvalue weighted by Crippen LogP contribution is -2.45. The number of sulfonamides is 1. The second-order valence-electron chi connectivity index (χ2n) is 5.56. The van der Waals surface area contributed by atoms with Gasteiger partial charge in [0.15, 0.2) is 0 Å². The van der Waals surface area contributed by atoms with Crippen LogP contribution >= 0.6 is 0 Å². The highest BCUT2D eigenvalue weighted by Gasteiger charge is 2.33. The summed E-state index contributed by atoms with van der Waals surface area (Å²) in [5.41, 5.74) is -0.0855. The molecule has 1 rings (SSSR count). The molecule has 0 heterocycles. The summed E-state index contributed by atoms with van der Waals surface area (Å²) in [6.45, 7) is 10.5. The van der Waals surface area contributed by atoms with Crippen LogP contribution in [0.1, 0.15) is 34.6 Å². The van der Waals surface area contributed by atoms with Gasteiger partial charge in [-0.05, 0) is 24.5 Å². The lowest BCUT2D eigenvalue weighted by Gasteiger charge is -2.36. The van der Waals surface area contributed by atoms with Gasteiger partial charge in [-0.3, -0.25) is 0 Å². The van der Waals surface area contributed by atoms with Crippen LogP contribution in [-0.2, 0) is 10.0 Å². The molecule has 3 nitrogen and oxygen atoms in total. The second kappa shape index (κ2) is 5.41. The van der Waals surface area contributed by atoms with Crippen LogP contribution in [0, 0.1) is 5.41 Å². The van der Waals surface area contributed by atoms with Gasteiger partial charge in [-0.1, -0.05) is 45.9 Å². The quantitative estimate of drug-likeness (QED) is 0.842. The summed E-state index contributed by atoms with van der Waals surface area (Å²) < 4.78 is 26.7. The van der Waals surface area contributed by atoms with E-state index in [2.05, 4.69) is 20.8 Å². The summed E-state index contributed by atoms with van der Waals surface area (Å²) in [5.74, 6) is 0. The van der Waals surface area contributed by atoms with Gasteiger partial charge in [0.1, 0.15) is 0 Å².